The van der Waals surface area contributed by atoms with Gasteiger partial charge < -0.3 is 5.73 Å². The number of nitrogens with one attached hydrogen (secondary N) is 1. The lowest BCUT2D eigenvalue weighted by Crippen LogP contribution is -2.23. The second-order valence-corrected chi connectivity index (χ2v) is 1.38. The summed E-state index contributed by atoms with van der Waals surface area (Å²) >= 11 is 0. The molecule has 0 fully saturated rings. The first-order chi connectivity index (χ1) is 5.77. The molecule has 0 aliphatic carbocycles. The highest BCUT2D eigenvalue weighted by atomic mass is 16.3. The molecule has 0 atom stereocenters. The second kappa shape index (κ2) is 6.99. The van der Waals surface area contributed by atoms with Crippen molar-refractivity contribution >= 4 is 6.03 Å². The van der Waals surface area contributed by atoms with Crippen molar-refractivity contribution in [1.29, 1.82) is 0 Å². The van der Waals surface area contributed by atoms with E-state index >= 15 is 0 Å². The van der Waals surface area contributed by atoms with Crippen molar-refractivity contribution in [2.45, 2.75) is 0 Å². The summed E-state index contributed by atoms with van der Waals surface area (Å²) in [7, 11) is 0. The van der Waals surface area contributed by atoms with E-state index < -0.39 is 6.03 Å². The smallest absolute Gasteiger partial charge is 0.335 e. The lowest BCUT2D eigenvalue weighted by molar-refractivity contribution is 0.249. The molecule has 0 aromatic carbocycles. The summed E-state index contributed by atoms with van der Waals surface area (Å²) in [6, 6.07) is 0.775. The van der Waals surface area contributed by atoms with Gasteiger partial charge in [-0.25, -0.2) is 4.79 Å². The number of aromatic nitrogens is 3. The van der Waals surface area contributed by atoms with Gasteiger partial charge in [0.2, 0.25) is 0 Å². The van der Waals surface area contributed by atoms with Crippen molar-refractivity contribution in [2.75, 3.05) is 0 Å². The number of carbonyl (C=O) groups excluding carboxylic acids is 1. The maximum absolute atomic E-state index is 9.42. The van der Waals surface area contributed by atoms with Gasteiger partial charge in [0.25, 0.3) is 0 Å². The van der Waals surface area contributed by atoms with Crippen molar-refractivity contribution in [2.24, 2.45) is 11.0 Å². The number of amides is 2. The molecule has 0 unspecified atom stereocenters. The minimum absolute atomic E-state index is 0.940. The summed E-state index contributed by atoms with van der Waals surface area (Å²) in [4.78, 5) is 18.4. The molecule has 1 aromatic heterocycles. The monoisotopic (exact) mass is 170 g/mol. The Morgan fingerprint density at radius 3 is 2.08 bits per heavy atom. The summed E-state index contributed by atoms with van der Waals surface area (Å²) in [5, 5.41) is 12.1. The molecule has 0 aliphatic rings. The number of carbonyl (C=O) groups is 1. The maximum Gasteiger partial charge on any atom is 0.335 e. The lowest BCUT2D eigenvalue weighted by atomic mass is 10.7. The molecule has 1 heterocycles. The molecular weight excluding hydrogens is 164 g/mol. The van der Waals surface area contributed by atoms with E-state index in [9.17, 15) is 4.79 Å². The number of nitrogens with zero attached hydrogens (tertiary/aromatic N) is 4. The molecule has 0 spiro atoms. The normalized spacial score (nSPS) is 7.33. The van der Waals surface area contributed by atoms with E-state index in [2.05, 4.69) is 21.1 Å². The van der Waals surface area contributed by atoms with Crippen LogP contribution >= 0.6 is 0 Å². The summed E-state index contributed by atoms with van der Waals surface area (Å²) in [6.45, 7) is 0. The van der Waals surface area contributed by atoms with Crippen LogP contribution in [0.1, 0.15) is 0 Å². The minimum atomic E-state index is -0.940. The highest BCUT2D eigenvalue weighted by Gasteiger charge is 1.80. The van der Waals surface area contributed by atoms with E-state index in [0.29, 0.717) is 0 Å². The summed E-state index contributed by atoms with van der Waals surface area (Å²) in [5.41, 5.74) is 5.78. The number of nitrogens with two attached hydrogens (primary N) is 1. The van der Waals surface area contributed by atoms with Gasteiger partial charge in [-0.3, -0.25) is 0 Å². The first-order valence-corrected chi connectivity index (χ1v) is 2.73. The summed E-state index contributed by atoms with van der Waals surface area (Å²) in [6.07, 6.45) is 3.15. The Labute approximate surface area is 67.1 Å². The van der Waals surface area contributed by atoms with Crippen molar-refractivity contribution in [3.05, 3.63) is 23.4 Å². The fourth-order valence-electron chi connectivity index (χ4n) is 0.250. The van der Waals surface area contributed by atoms with Gasteiger partial charge in [-0.05, 0) is 11.3 Å². The molecule has 8 heteroatoms. The third kappa shape index (κ3) is 7.88. The van der Waals surface area contributed by atoms with Gasteiger partial charge >= 0.3 is 6.03 Å². The van der Waals surface area contributed by atoms with Crippen molar-refractivity contribution in [3.63, 3.8) is 0 Å². The molecule has 0 aliphatic heterocycles. The van der Waals surface area contributed by atoms with Crippen molar-refractivity contribution in [1.82, 2.24) is 20.8 Å². The Balaban J connectivity index is 0.000000202. The highest BCUT2D eigenvalue weighted by Crippen LogP contribution is 1.61. The minimum Gasteiger partial charge on any atom is -0.350 e. The predicted molar refractivity (Wildman–Crippen MR) is 38.3 cm³/mol. The maximum atomic E-state index is 9.42. The third-order valence-corrected chi connectivity index (χ3v) is 0.565. The van der Waals surface area contributed by atoms with Crippen LogP contribution in [0.4, 0.5) is 4.79 Å². The van der Waals surface area contributed by atoms with Crippen LogP contribution in [0.5, 0.6) is 0 Å². The number of rotatable bonds is 1. The van der Waals surface area contributed by atoms with Crippen LogP contribution in [0.2, 0.25) is 0 Å². The fraction of sp³-hybridized carbons (Fsp3) is 0. The molecule has 0 radical (unpaired) electrons. The zero-order valence-electron chi connectivity index (χ0n) is 5.91. The number of nitroso groups, excluding NO2 is 1. The number of hydrogen-bond acceptors (Lipinski definition) is 6. The second-order valence-electron chi connectivity index (χ2n) is 1.38. The van der Waals surface area contributed by atoms with Gasteiger partial charge in [-0.15, -0.1) is 15.1 Å². The number of primary amides is 1. The van der Waals surface area contributed by atoms with E-state index in [-0.39, 0.29) is 0 Å². The molecule has 0 saturated carbocycles. The molecule has 3 N–H and O–H groups in total. The Kier molecular flexibility index (Phi) is 5.76. The molecular formula is C4H6N6O2. The Bertz CT molecular complexity index is 200. The van der Waals surface area contributed by atoms with Crippen molar-refractivity contribution in [3.8, 4) is 0 Å². The zero-order valence-corrected chi connectivity index (χ0v) is 5.91. The Morgan fingerprint density at radius 2 is 2.00 bits per heavy atom. The molecule has 0 saturated heterocycles. The summed E-state index contributed by atoms with van der Waals surface area (Å²) < 4.78 is 0. The average molecular weight is 170 g/mol. The first kappa shape index (κ1) is 9.88. The average Bonchev–Trinajstić information content (AvgIpc) is 2.08. The molecule has 8 nitrogen and oxygen atoms in total. The molecule has 12 heavy (non-hydrogen) atoms. The third-order valence-electron chi connectivity index (χ3n) is 0.565. The molecule has 2 amide bonds. The topological polar surface area (TPSA) is 123 Å². The Morgan fingerprint density at radius 1 is 1.42 bits per heavy atom. The molecule has 1 aromatic rings. The van der Waals surface area contributed by atoms with Crippen LogP contribution in [0.3, 0.4) is 0 Å². The van der Waals surface area contributed by atoms with E-state index in [1.54, 1.807) is 18.5 Å². The van der Waals surface area contributed by atoms with Crippen LogP contribution in [-0.2, 0) is 0 Å². The van der Waals surface area contributed by atoms with Crippen LogP contribution in [-0.4, -0.2) is 21.4 Å². The van der Waals surface area contributed by atoms with E-state index in [1.807, 2.05) is 5.29 Å². The van der Waals surface area contributed by atoms with E-state index in [1.165, 1.54) is 5.43 Å². The number of hydrogen-bond donors (Lipinski definition) is 2. The molecule has 64 valence electrons. The van der Waals surface area contributed by atoms with Gasteiger partial charge in [-0.1, -0.05) is 0 Å². The highest BCUT2D eigenvalue weighted by molar-refractivity contribution is 5.70. The lowest BCUT2D eigenvalue weighted by Gasteiger charge is -1.77. The van der Waals surface area contributed by atoms with E-state index in [0.717, 1.165) is 0 Å². The molecule has 1 rings (SSSR count). The first-order valence-electron chi connectivity index (χ1n) is 2.73. The van der Waals surface area contributed by atoms with Crippen LogP contribution in [0, 0.1) is 4.91 Å². The SMILES string of the molecule is NC(=O)NN=O.c1cnnnc1. The van der Waals surface area contributed by atoms with Gasteiger partial charge in [0.15, 0.2) is 0 Å². The largest absolute Gasteiger partial charge is 0.350 e. The number of urea groups is 1. The van der Waals surface area contributed by atoms with Crippen LogP contribution < -0.4 is 11.2 Å². The van der Waals surface area contributed by atoms with Crippen LogP contribution in [0.15, 0.2) is 23.7 Å². The van der Waals surface area contributed by atoms with Gasteiger partial charge in [0.05, 0.1) is 17.7 Å². The molecule has 0 bridgehead atoms. The van der Waals surface area contributed by atoms with Gasteiger partial charge in [0.1, 0.15) is 0 Å². The quantitative estimate of drug-likeness (QED) is 0.422. The summed E-state index contributed by atoms with van der Waals surface area (Å²) in [5.74, 6) is 0. The fourth-order valence-corrected chi connectivity index (χ4v) is 0.250. The van der Waals surface area contributed by atoms with Crippen molar-refractivity contribution < 1.29 is 4.79 Å². The van der Waals surface area contributed by atoms with Crippen LogP contribution in [0.25, 0.3) is 0 Å². The zero-order chi connectivity index (χ0) is 9.23. The van der Waals surface area contributed by atoms with Gasteiger partial charge in [0, 0.05) is 0 Å². The van der Waals surface area contributed by atoms with E-state index in [4.69, 9.17) is 4.91 Å². The standard InChI is InChI=1S/C3H3N3.CH3N3O2/c1-2-4-6-5-3-1;2-1(5)3-4-6/h1-3H;(H3,2,3,5,6). The predicted octanol–water partition coefficient (Wildman–Crippen LogP) is -0.792. The Hall–Kier alpha value is -2.12. The van der Waals surface area contributed by atoms with Gasteiger partial charge in [-0.2, -0.15) is 5.43 Å².